The number of hydrogen-bond acceptors (Lipinski definition) is 4. The van der Waals surface area contributed by atoms with E-state index in [0.29, 0.717) is 24.4 Å². The van der Waals surface area contributed by atoms with Crippen molar-refractivity contribution in [3.05, 3.63) is 46.2 Å². The Morgan fingerprint density at radius 2 is 1.95 bits per heavy atom. The van der Waals surface area contributed by atoms with E-state index in [0.717, 1.165) is 11.3 Å². The van der Waals surface area contributed by atoms with Crippen molar-refractivity contribution in [3.63, 3.8) is 0 Å². The van der Waals surface area contributed by atoms with Gasteiger partial charge >= 0.3 is 0 Å². The number of aryl methyl sites for hydroxylation is 1. The molecular weight excluding hydrogens is 256 g/mol. The predicted octanol–water partition coefficient (Wildman–Crippen LogP) is 1.82. The Morgan fingerprint density at radius 3 is 2.50 bits per heavy atom. The molecule has 1 heterocycles. The van der Waals surface area contributed by atoms with Gasteiger partial charge in [-0.15, -0.1) is 0 Å². The maximum atomic E-state index is 11.9. The minimum Gasteiger partial charge on any atom is -0.494 e. The highest BCUT2D eigenvalue weighted by Crippen LogP contribution is 2.20. The summed E-state index contributed by atoms with van der Waals surface area (Å²) in [5.74, 6) is 0.794. The smallest absolute Gasteiger partial charge is 0.272 e. The minimum atomic E-state index is -0.286. The second-order valence-corrected chi connectivity index (χ2v) is 4.29. The van der Waals surface area contributed by atoms with Gasteiger partial charge in [-0.2, -0.15) is 5.10 Å². The molecule has 0 radical (unpaired) electrons. The molecule has 0 amide bonds. The molecule has 0 aliphatic rings. The fraction of sp³-hybridized carbons (Fsp3) is 0.333. The Morgan fingerprint density at radius 1 is 1.25 bits per heavy atom. The number of aromatic nitrogens is 2. The average molecular weight is 274 g/mol. The molecule has 2 aromatic rings. The first-order valence-electron chi connectivity index (χ1n) is 6.64. The quantitative estimate of drug-likeness (QED) is 0.903. The summed E-state index contributed by atoms with van der Waals surface area (Å²) in [4.78, 5) is 11.9. The summed E-state index contributed by atoms with van der Waals surface area (Å²) in [6.45, 7) is 4.58. The van der Waals surface area contributed by atoms with E-state index in [1.165, 1.54) is 4.68 Å². The lowest BCUT2D eigenvalue weighted by atomic mass is 10.1. The third-order valence-corrected chi connectivity index (χ3v) is 2.98. The van der Waals surface area contributed by atoms with Crippen LogP contribution in [0.3, 0.4) is 0 Å². The zero-order valence-corrected chi connectivity index (χ0v) is 11.7. The number of benzene rings is 1. The van der Waals surface area contributed by atoms with Crippen LogP contribution in [0.5, 0.6) is 5.75 Å². The van der Waals surface area contributed by atoms with Gasteiger partial charge in [-0.3, -0.25) is 4.79 Å². The highest BCUT2D eigenvalue weighted by Gasteiger charge is 2.08. The molecule has 1 aromatic heterocycles. The molecule has 0 aliphatic carbocycles. The van der Waals surface area contributed by atoms with Crippen LogP contribution < -0.4 is 10.3 Å². The zero-order chi connectivity index (χ0) is 14.5. The lowest BCUT2D eigenvalue weighted by molar-refractivity contribution is 0.278. The third kappa shape index (κ3) is 2.88. The monoisotopic (exact) mass is 274 g/mol. The van der Waals surface area contributed by atoms with Crippen LogP contribution in [0.15, 0.2) is 35.1 Å². The standard InChI is InChI=1S/C15H18N2O3/c1-3-17-15(19)12(10-18)9-14(16-17)11-5-7-13(8-6-11)20-4-2/h5-9,18H,3-4,10H2,1-2H3. The topological polar surface area (TPSA) is 64.3 Å². The Labute approximate surface area is 117 Å². The van der Waals surface area contributed by atoms with Gasteiger partial charge in [-0.05, 0) is 44.2 Å². The van der Waals surface area contributed by atoms with E-state index in [1.807, 2.05) is 38.1 Å². The SMILES string of the molecule is CCOc1ccc(-c2cc(CO)c(=O)n(CC)n2)cc1. The van der Waals surface area contributed by atoms with Crippen molar-refractivity contribution >= 4 is 0 Å². The molecule has 1 N–H and O–H groups in total. The van der Waals surface area contributed by atoms with E-state index >= 15 is 0 Å². The van der Waals surface area contributed by atoms with Crippen LogP contribution in [0.2, 0.25) is 0 Å². The molecule has 0 unspecified atom stereocenters. The maximum absolute atomic E-state index is 11.9. The van der Waals surface area contributed by atoms with Crippen LogP contribution in [-0.2, 0) is 13.2 Å². The second-order valence-electron chi connectivity index (χ2n) is 4.29. The lowest BCUT2D eigenvalue weighted by Crippen LogP contribution is -2.26. The molecule has 5 heteroatoms. The van der Waals surface area contributed by atoms with Crippen molar-refractivity contribution in [2.24, 2.45) is 0 Å². The number of nitrogens with zero attached hydrogens (tertiary/aromatic N) is 2. The summed E-state index contributed by atoms with van der Waals surface area (Å²) >= 11 is 0. The molecule has 0 fully saturated rings. The predicted molar refractivity (Wildman–Crippen MR) is 76.7 cm³/mol. The third-order valence-electron chi connectivity index (χ3n) is 2.98. The van der Waals surface area contributed by atoms with Gasteiger partial charge in [0.15, 0.2) is 0 Å². The van der Waals surface area contributed by atoms with Crippen LogP contribution >= 0.6 is 0 Å². The largest absolute Gasteiger partial charge is 0.494 e. The maximum Gasteiger partial charge on any atom is 0.272 e. The fourth-order valence-electron chi connectivity index (χ4n) is 1.95. The number of hydrogen-bond donors (Lipinski definition) is 1. The second kappa shape index (κ2) is 6.34. The summed E-state index contributed by atoms with van der Waals surface area (Å²) in [7, 11) is 0. The van der Waals surface area contributed by atoms with Gasteiger partial charge in [0.1, 0.15) is 5.75 Å². The molecule has 0 aliphatic heterocycles. The van der Waals surface area contributed by atoms with E-state index in [4.69, 9.17) is 4.74 Å². The number of aliphatic hydroxyl groups excluding tert-OH is 1. The van der Waals surface area contributed by atoms with Crippen molar-refractivity contribution in [3.8, 4) is 17.0 Å². The molecule has 5 nitrogen and oxygen atoms in total. The van der Waals surface area contributed by atoms with Gasteiger partial charge in [0.2, 0.25) is 0 Å². The molecule has 0 saturated heterocycles. The fourth-order valence-corrected chi connectivity index (χ4v) is 1.95. The van der Waals surface area contributed by atoms with Gasteiger partial charge in [-0.1, -0.05) is 0 Å². The zero-order valence-electron chi connectivity index (χ0n) is 11.7. The van der Waals surface area contributed by atoms with Gasteiger partial charge in [-0.25, -0.2) is 4.68 Å². The average Bonchev–Trinajstić information content (AvgIpc) is 2.49. The molecule has 20 heavy (non-hydrogen) atoms. The van der Waals surface area contributed by atoms with Gasteiger partial charge in [0.25, 0.3) is 5.56 Å². The van der Waals surface area contributed by atoms with E-state index in [9.17, 15) is 9.90 Å². The van der Waals surface area contributed by atoms with E-state index in [2.05, 4.69) is 5.10 Å². The molecule has 2 rings (SSSR count). The number of aliphatic hydroxyl groups is 1. The van der Waals surface area contributed by atoms with Crippen LogP contribution in [0.1, 0.15) is 19.4 Å². The van der Waals surface area contributed by atoms with Crippen LogP contribution in [-0.4, -0.2) is 21.5 Å². The molecule has 0 atom stereocenters. The van der Waals surface area contributed by atoms with Crippen molar-refractivity contribution < 1.29 is 9.84 Å². The number of rotatable bonds is 5. The molecule has 0 bridgehead atoms. The molecule has 0 spiro atoms. The Balaban J connectivity index is 2.44. The summed E-state index contributed by atoms with van der Waals surface area (Å²) in [5.41, 5.74) is 1.65. The van der Waals surface area contributed by atoms with Crippen LogP contribution in [0, 0.1) is 0 Å². The summed E-state index contributed by atoms with van der Waals surface area (Å²) < 4.78 is 6.75. The summed E-state index contributed by atoms with van der Waals surface area (Å²) in [6.07, 6.45) is 0. The Hall–Kier alpha value is -2.14. The first-order chi connectivity index (χ1) is 9.69. The van der Waals surface area contributed by atoms with Crippen LogP contribution in [0.4, 0.5) is 0 Å². The van der Waals surface area contributed by atoms with Crippen molar-refractivity contribution in [2.45, 2.75) is 27.0 Å². The van der Waals surface area contributed by atoms with Crippen molar-refractivity contribution in [2.75, 3.05) is 6.61 Å². The first-order valence-corrected chi connectivity index (χ1v) is 6.64. The Kier molecular flexibility index (Phi) is 4.53. The highest BCUT2D eigenvalue weighted by molar-refractivity contribution is 5.60. The minimum absolute atomic E-state index is 0.246. The lowest BCUT2D eigenvalue weighted by Gasteiger charge is -2.09. The van der Waals surface area contributed by atoms with Crippen molar-refractivity contribution in [1.29, 1.82) is 0 Å². The Bertz CT molecular complexity index is 604. The number of ether oxygens (including phenoxy) is 1. The first kappa shape index (κ1) is 14.3. The highest BCUT2D eigenvalue weighted by atomic mass is 16.5. The molecule has 0 saturated carbocycles. The van der Waals surface area contributed by atoms with Gasteiger partial charge < -0.3 is 9.84 Å². The van der Waals surface area contributed by atoms with E-state index in [-0.39, 0.29) is 12.2 Å². The molecular formula is C15H18N2O3. The van der Waals surface area contributed by atoms with Crippen molar-refractivity contribution in [1.82, 2.24) is 9.78 Å². The van der Waals surface area contributed by atoms with Gasteiger partial charge in [0.05, 0.1) is 18.9 Å². The van der Waals surface area contributed by atoms with Crippen LogP contribution in [0.25, 0.3) is 11.3 Å². The molecule has 1 aromatic carbocycles. The van der Waals surface area contributed by atoms with E-state index < -0.39 is 0 Å². The summed E-state index contributed by atoms with van der Waals surface area (Å²) in [5, 5.41) is 13.6. The van der Waals surface area contributed by atoms with Gasteiger partial charge in [0, 0.05) is 17.7 Å². The van der Waals surface area contributed by atoms with E-state index in [1.54, 1.807) is 6.07 Å². The summed E-state index contributed by atoms with van der Waals surface area (Å²) in [6, 6.07) is 9.13. The normalized spacial score (nSPS) is 10.6. The molecule has 106 valence electrons.